The number of nitrogens with one attached hydrogen (secondary N) is 1. The molecule has 0 unspecified atom stereocenters. The second-order valence-corrected chi connectivity index (χ2v) is 5.02. The van der Waals surface area contributed by atoms with E-state index in [0.29, 0.717) is 11.4 Å². The van der Waals surface area contributed by atoms with E-state index < -0.39 is 10.8 Å². The van der Waals surface area contributed by atoms with Crippen LogP contribution in [0.5, 0.6) is 5.75 Å². The smallest absolute Gasteiger partial charge is 0.390 e. The zero-order valence-electron chi connectivity index (χ0n) is 13.5. The van der Waals surface area contributed by atoms with Gasteiger partial charge in [0.1, 0.15) is 12.3 Å². The summed E-state index contributed by atoms with van der Waals surface area (Å²) in [5.74, 6) is 0.00788. The second kappa shape index (κ2) is 7.36. The molecule has 0 radical (unpaired) electrons. The molecule has 1 aromatic carbocycles. The molecule has 0 saturated heterocycles. The lowest BCUT2D eigenvalue weighted by Gasteiger charge is -2.04. The maximum atomic E-state index is 11.9. The number of nitro groups is 1. The van der Waals surface area contributed by atoms with Crippen molar-refractivity contribution in [3.05, 3.63) is 51.7 Å². The van der Waals surface area contributed by atoms with Crippen LogP contribution < -0.4 is 10.2 Å². The third kappa shape index (κ3) is 4.15. The van der Waals surface area contributed by atoms with Crippen LogP contribution in [-0.2, 0) is 11.3 Å². The van der Waals surface area contributed by atoms with Crippen molar-refractivity contribution in [2.75, 3.05) is 7.11 Å². The van der Waals surface area contributed by atoms with E-state index in [9.17, 15) is 14.9 Å². The maximum Gasteiger partial charge on any atom is 0.390 e. The minimum absolute atomic E-state index is 0.154. The summed E-state index contributed by atoms with van der Waals surface area (Å²) < 4.78 is 6.33. The molecule has 1 aromatic heterocycles. The quantitative estimate of drug-likeness (QED) is 0.491. The van der Waals surface area contributed by atoms with Crippen LogP contribution >= 0.6 is 0 Å². The average molecular weight is 331 g/mol. The summed E-state index contributed by atoms with van der Waals surface area (Å²) in [6.07, 6.45) is 0. The fourth-order valence-electron chi connectivity index (χ4n) is 1.96. The van der Waals surface area contributed by atoms with Crippen molar-refractivity contribution < 1.29 is 14.5 Å². The number of nitrogens with zero attached hydrogens (tertiary/aromatic N) is 4. The number of aromatic nitrogens is 2. The Balaban J connectivity index is 2.00. The van der Waals surface area contributed by atoms with Crippen LogP contribution in [0.25, 0.3) is 0 Å². The SMILES string of the molecule is COc1ccc(C(C)=NNC(=O)Cn2nc([N+](=O)[O-])cc2C)cc1. The lowest BCUT2D eigenvalue weighted by Crippen LogP contribution is -2.25. The van der Waals surface area contributed by atoms with Gasteiger partial charge in [0.25, 0.3) is 5.91 Å². The van der Waals surface area contributed by atoms with Crippen LogP contribution in [0, 0.1) is 17.0 Å². The lowest BCUT2D eigenvalue weighted by molar-refractivity contribution is -0.389. The molecule has 1 N–H and O–H groups in total. The standard InChI is InChI=1S/C15H17N5O4/c1-10-8-14(20(22)23)18-19(10)9-15(21)17-16-11(2)12-4-6-13(24-3)7-5-12/h4-8H,9H2,1-3H3,(H,17,21). The predicted molar refractivity (Wildman–Crippen MR) is 87.0 cm³/mol. The number of carbonyl (C=O) groups is 1. The molecule has 1 heterocycles. The van der Waals surface area contributed by atoms with E-state index in [1.807, 2.05) is 12.1 Å². The topological polar surface area (TPSA) is 112 Å². The summed E-state index contributed by atoms with van der Waals surface area (Å²) in [7, 11) is 1.58. The maximum absolute atomic E-state index is 11.9. The summed E-state index contributed by atoms with van der Waals surface area (Å²) in [6.45, 7) is 3.24. The van der Waals surface area contributed by atoms with Gasteiger partial charge >= 0.3 is 5.82 Å². The fraction of sp³-hybridized carbons (Fsp3) is 0.267. The molecule has 1 amide bonds. The molecule has 2 rings (SSSR count). The summed E-state index contributed by atoms with van der Waals surface area (Å²) in [5.41, 5.74) is 4.39. The molecule has 126 valence electrons. The normalized spacial score (nSPS) is 11.2. The zero-order valence-corrected chi connectivity index (χ0v) is 13.5. The highest BCUT2D eigenvalue weighted by molar-refractivity contribution is 5.99. The van der Waals surface area contributed by atoms with E-state index in [0.717, 1.165) is 11.3 Å². The molecule has 0 aliphatic carbocycles. The van der Waals surface area contributed by atoms with E-state index in [1.54, 1.807) is 33.1 Å². The van der Waals surface area contributed by atoms with E-state index in [2.05, 4.69) is 15.6 Å². The molecule has 9 nitrogen and oxygen atoms in total. The number of amides is 1. The molecule has 0 bridgehead atoms. The van der Waals surface area contributed by atoms with E-state index in [4.69, 9.17) is 4.74 Å². The van der Waals surface area contributed by atoms with Gasteiger partial charge in [-0.2, -0.15) is 9.78 Å². The van der Waals surface area contributed by atoms with Crippen LogP contribution in [-0.4, -0.2) is 33.4 Å². The number of methoxy groups -OCH3 is 1. The Labute approximate surface area is 138 Å². The van der Waals surface area contributed by atoms with Gasteiger partial charge in [0.2, 0.25) is 0 Å². The highest BCUT2D eigenvalue weighted by Crippen LogP contribution is 2.12. The molecule has 0 aliphatic heterocycles. The van der Waals surface area contributed by atoms with Crippen molar-refractivity contribution in [1.82, 2.24) is 15.2 Å². The lowest BCUT2D eigenvalue weighted by atomic mass is 10.1. The number of hydrogen-bond acceptors (Lipinski definition) is 6. The molecule has 0 aliphatic rings. The number of hydrogen-bond donors (Lipinski definition) is 1. The molecule has 9 heteroatoms. The van der Waals surface area contributed by atoms with Gasteiger partial charge in [0.05, 0.1) is 29.7 Å². The zero-order chi connectivity index (χ0) is 17.7. The summed E-state index contributed by atoms with van der Waals surface area (Å²) in [4.78, 5) is 22.0. The largest absolute Gasteiger partial charge is 0.497 e. The van der Waals surface area contributed by atoms with Crippen molar-refractivity contribution in [3.63, 3.8) is 0 Å². The first-order valence-electron chi connectivity index (χ1n) is 7.07. The molecular formula is C15H17N5O4. The third-order valence-corrected chi connectivity index (χ3v) is 3.30. The van der Waals surface area contributed by atoms with Crippen molar-refractivity contribution in [2.24, 2.45) is 5.10 Å². The van der Waals surface area contributed by atoms with Gasteiger partial charge in [-0.25, -0.2) is 5.43 Å². The average Bonchev–Trinajstić information content (AvgIpc) is 2.94. The monoisotopic (exact) mass is 331 g/mol. The van der Waals surface area contributed by atoms with E-state index >= 15 is 0 Å². The predicted octanol–water partition coefficient (Wildman–Crippen LogP) is 1.65. The number of aryl methyl sites for hydroxylation is 1. The Morgan fingerprint density at radius 2 is 2.08 bits per heavy atom. The van der Waals surface area contributed by atoms with Crippen molar-refractivity contribution >= 4 is 17.4 Å². The molecule has 0 atom stereocenters. The minimum atomic E-state index is -0.604. The second-order valence-electron chi connectivity index (χ2n) is 5.02. The van der Waals surface area contributed by atoms with Gasteiger partial charge in [0, 0.05) is 0 Å². The summed E-state index contributed by atoms with van der Waals surface area (Å²) in [5, 5.41) is 18.4. The first-order valence-corrected chi connectivity index (χ1v) is 7.07. The van der Waals surface area contributed by atoms with Crippen LogP contribution in [0.3, 0.4) is 0 Å². The van der Waals surface area contributed by atoms with Crippen molar-refractivity contribution in [1.29, 1.82) is 0 Å². The Morgan fingerprint density at radius 3 is 2.62 bits per heavy atom. The highest BCUT2D eigenvalue weighted by Gasteiger charge is 2.17. The van der Waals surface area contributed by atoms with Crippen molar-refractivity contribution in [2.45, 2.75) is 20.4 Å². The van der Waals surface area contributed by atoms with Gasteiger partial charge in [0.15, 0.2) is 0 Å². The number of hydrazone groups is 1. The molecule has 0 fully saturated rings. The molecule has 0 spiro atoms. The van der Waals surface area contributed by atoms with Crippen LogP contribution in [0.1, 0.15) is 18.2 Å². The highest BCUT2D eigenvalue weighted by atomic mass is 16.6. The number of rotatable bonds is 6. The Morgan fingerprint density at radius 1 is 1.42 bits per heavy atom. The van der Waals surface area contributed by atoms with Gasteiger partial charge in [-0.05, 0) is 48.6 Å². The Kier molecular flexibility index (Phi) is 5.25. The third-order valence-electron chi connectivity index (χ3n) is 3.30. The summed E-state index contributed by atoms with van der Waals surface area (Å²) in [6, 6.07) is 8.54. The number of carbonyl (C=O) groups excluding carboxylic acids is 1. The molecule has 0 saturated carbocycles. The van der Waals surface area contributed by atoms with Crippen LogP contribution in [0.4, 0.5) is 5.82 Å². The number of ether oxygens (including phenoxy) is 1. The molecule has 24 heavy (non-hydrogen) atoms. The van der Waals surface area contributed by atoms with Gasteiger partial charge in [-0.1, -0.05) is 0 Å². The Bertz CT molecular complexity index is 780. The van der Waals surface area contributed by atoms with Gasteiger partial charge in [-0.15, -0.1) is 0 Å². The van der Waals surface area contributed by atoms with Crippen LogP contribution in [0.15, 0.2) is 35.4 Å². The summed E-state index contributed by atoms with van der Waals surface area (Å²) >= 11 is 0. The van der Waals surface area contributed by atoms with Gasteiger partial charge < -0.3 is 14.9 Å². The fourth-order valence-corrected chi connectivity index (χ4v) is 1.96. The van der Waals surface area contributed by atoms with Crippen molar-refractivity contribution in [3.8, 4) is 5.75 Å². The van der Waals surface area contributed by atoms with Gasteiger partial charge in [-0.3, -0.25) is 4.79 Å². The Hall–Kier alpha value is -3.23. The first-order chi connectivity index (χ1) is 11.4. The van der Waals surface area contributed by atoms with E-state index in [-0.39, 0.29) is 12.4 Å². The minimum Gasteiger partial charge on any atom is -0.497 e. The first kappa shape index (κ1) is 17.1. The number of benzene rings is 1. The van der Waals surface area contributed by atoms with Crippen LogP contribution in [0.2, 0.25) is 0 Å². The molecular weight excluding hydrogens is 314 g/mol. The molecule has 2 aromatic rings. The van der Waals surface area contributed by atoms with E-state index in [1.165, 1.54) is 10.7 Å².